The number of carboxylic acids is 1. The molecule has 8 nitrogen and oxygen atoms in total. The second-order valence-electron chi connectivity index (χ2n) is 8.66. The molecular weight excluding hydrogens is 606 g/mol. The molecule has 2 aromatic carbocycles. The summed E-state index contributed by atoms with van der Waals surface area (Å²) in [6, 6.07) is 6.93. The van der Waals surface area contributed by atoms with Gasteiger partial charge < -0.3 is 14.6 Å². The first-order chi connectivity index (χ1) is 16.3. The van der Waals surface area contributed by atoms with Crippen molar-refractivity contribution in [3.8, 4) is 11.5 Å². The number of hydrogen-bond donors (Lipinski definition) is 1. The van der Waals surface area contributed by atoms with Crippen molar-refractivity contribution in [2.75, 3.05) is 6.61 Å². The summed E-state index contributed by atoms with van der Waals surface area (Å²) in [6.07, 6.45) is 0.319. The Bertz CT molecular complexity index is 1380. The van der Waals surface area contributed by atoms with Crippen molar-refractivity contribution in [1.29, 1.82) is 0 Å². The summed E-state index contributed by atoms with van der Waals surface area (Å²) in [7, 11) is 0. The molecule has 0 aliphatic carbocycles. The third kappa shape index (κ3) is 5.87. The number of ether oxygens (including phenoxy) is 2. The Kier molecular flexibility index (Phi) is 8.28. The lowest BCUT2D eigenvalue weighted by molar-refractivity contribution is -0.144. The summed E-state index contributed by atoms with van der Waals surface area (Å²) < 4.78 is 13.6. The SMILES string of the molecule is CCOc1cc(C=Nn2c(C(C)(C)C)nc3ccc(Br)cc3c2=O)c(Br)c(Cl)c1O[C@@H](C)C(=O)O. The van der Waals surface area contributed by atoms with Crippen LogP contribution in [0, 0.1) is 0 Å². The van der Waals surface area contributed by atoms with Gasteiger partial charge in [-0.25, -0.2) is 9.78 Å². The van der Waals surface area contributed by atoms with Crippen molar-refractivity contribution in [3.05, 3.63) is 60.0 Å². The van der Waals surface area contributed by atoms with Gasteiger partial charge in [-0.3, -0.25) is 4.79 Å². The van der Waals surface area contributed by atoms with E-state index in [4.69, 9.17) is 26.1 Å². The number of nitrogens with zero attached hydrogens (tertiary/aromatic N) is 3. The van der Waals surface area contributed by atoms with E-state index in [-0.39, 0.29) is 22.1 Å². The largest absolute Gasteiger partial charge is 0.490 e. The molecule has 1 heterocycles. The molecule has 1 atom stereocenters. The van der Waals surface area contributed by atoms with Gasteiger partial charge in [0.15, 0.2) is 17.6 Å². The summed E-state index contributed by atoms with van der Waals surface area (Å²) in [6.45, 7) is 9.30. The molecule has 0 bridgehead atoms. The lowest BCUT2D eigenvalue weighted by Crippen LogP contribution is -2.29. The number of carboxylic acid groups (broad SMARTS) is 1. The second kappa shape index (κ2) is 10.7. The number of carbonyl (C=O) groups is 1. The number of halogens is 3. The molecule has 0 spiro atoms. The van der Waals surface area contributed by atoms with Gasteiger partial charge in [-0.15, -0.1) is 0 Å². The molecule has 0 unspecified atom stereocenters. The van der Waals surface area contributed by atoms with Gasteiger partial charge in [-0.2, -0.15) is 9.78 Å². The van der Waals surface area contributed by atoms with Gasteiger partial charge in [0.2, 0.25) is 0 Å². The lowest BCUT2D eigenvalue weighted by atomic mass is 9.95. The molecule has 0 saturated carbocycles. The van der Waals surface area contributed by atoms with Crippen LogP contribution in [0.1, 0.15) is 46.0 Å². The van der Waals surface area contributed by atoms with E-state index in [0.717, 1.165) is 4.47 Å². The number of aliphatic carboxylic acids is 1. The Morgan fingerprint density at radius 1 is 1.31 bits per heavy atom. The van der Waals surface area contributed by atoms with Crippen LogP contribution in [0.2, 0.25) is 5.02 Å². The van der Waals surface area contributed by atoms with E-state index in [1.807, 2.05) is 26.8 Å². The molecular formula is C24H24Br2ClN3O5. The maximum Gasteiger partial charge on any atom is 0.344 e. The summed E-state index contributed by atoms with van der Waals surface area (Å²) >= 11 is 13.3. The van der Waals surface area contributed by atoms with Crippen molar-refractivity contribution in [2.45, 2.75) is 46.1 Å². The average Bonchev–Trinajstić information content (AvgIpc) is 2.78. The smallest absolute Gasteiger partial charge is 0.344 e. The molecule has 1 aromatic heterocycles. The fraction of sp³-hybridized carbons (Fsp3) is 0.333. The van der Waals surface area contributed by atoms with Crippen LogP contribution in [0.4, 0.5) is 0 Å². The minimum absolute atomic E-state index is 0.0946. The van der Waals surface area contributed by atoms with Crippen molar-refractivity contribution < 1.29 is 19.4 Å². The zero-order valence-electron chi connectivity index (χ0n) is 19.7. The Balaban J connectivity index is 2.19. The van der Waals surface area contributed by atoms with E-state index < -0.39 is 17.5 Å². The highest BCUT2D eigenvalue weighted by molar-refractivity contribution is 9.10. The van der Waals surface area contributed by atoms with Gasteiger partial charge in [0.1, 0.15) is 10.8 Å². The third-order valence-corrected chi connectivity index (χ3v) is 6.83. The summed E-state index contributed by atoms with van der Waals surface area (Å²) in [5.41, 5.74) is 0.273. The van der Waals surface area contributed by atoms with E-state index in [1.165, 1.54) is 17.8 Å². The standard InChI is InChI=1S/C24H24Br2ClN3O5/c1-6-34-17-9-13(18(26)19(27)20(17)35-12(2)22(32)33)11-28-30-21(31)15-10-14(25)7-8-16(15)29-23(30)24(3,4)5/h7-12H,6H2,1-5H3,(H,32,33)/t12-/m0/s1. The van der Waals surface area contributed by atoms with E-state index >= 15 is 0 Å². The number of rotatable bonds is 7. The molecule has 0 saturated heterocycles. The van der Waals surface area contributed by atoms with Crippen molar-refractivity contribution >= 4 is 66.5 Å². The molecule has 0 aliphatic rings. The van der Waals surface area contributed by atoms with E-state index in [2.05, 4.69) is 37.0 Å². The first-order valence-electron chi connectivity index (χ1n) is 10.7. The fourth-order valence-corrected chi connectivity index (χ4v) is 4.16. The van der Waals surface area contributed by atoms with Crippen LogP contribution < -0.4 is 15.0 Å². The van der Waals surface area contributed by atoms with Gasteiger partial charge in [0.05, 0.1) is 23.7 Å². The first kappa shape index (κ1) is 27.2. The molecule has 0 aliphatic heterocycles. The van der Waals surface area contributed by atoms with Crippen LogP contribution in [0.25, 0.3) is 10.9 Å². The zero-order valence-corrected chi connectivity index (χ0v) is 23.7. The molecule has 3 rings (SSSR count). The molecule has 0 amide bonds. The highest BCUT2D eigenvalue weighted by Crippen LogP contribution is 2.43. The van der Waals surface area contributed by atoms with Gasteiger partial charge >= 0.3 is 5.97 Å². The van der Waals surface area contributed by atoms with Crippen molar-refractivity contribution in [1.82, 2.24) is 9.66 Å². The predicted octanol–water partition coefficient (Wildman–Crippen LogP) is 6.01. The number of fused-ring (bicyclic) bond motifs is 1. The summed E-state index contributed by atoms with van der Waals surface area (Å²) in [5, 5.41) is 14.2. The molecule has 0 fully saturated rings. The Morgan fingerprint density at radius 3 is 2.60 bits per heavy atom. The van der Waals surface area contributed by atoms with Gasteiger partial charge in [0.25, 0.3) is 5.56 Å². The Morgan fingerprint density at radius 2 is 2.00 bits per heavy atom. The highest BCUT2D eigenvalue weighted by atomic mass is 79.9. The fourth-order valence-electron chi connectivity index (χ4n) is 3.16. The van der Waals surface area contributed by atoms with Crippen LogP contribution in [0.5, 0.6) is 11.5 Å². The van der Waals surface area contributed by atoms with Gasteiger partial charge in [-0.1, -0.05) is 48.3 Å². The maximum atomic E-state index is 13.4. The average molecular weight is 630 g/mol. The topological polar surface area (TPSA) is 103 Å². The van der Waals surface area contributed by atoms with E-state index in [1.54, 1.807) is 25.1 Å². The van der Waals surface area contributed by atoms with Crippen LogP contribution in [0.15, 0.2) is 43.1 Å². The van der Waals surface area contributed by atoms with E-state index in [9.17, 15) is 14.7 Å². The molecule has 11 heteroatoms. The molecule has 35 heavy (non-hydrogen) atoms. The predicted molar refractivity (Wildman–Crippen MR) is 143 cm³/mol. The molecule has 3 aromatic rings. The lowest BCUT2D eigenvalue weighted by Gasteiger charge is -2.21. The Labute approximate surface area is 224 Å². The molecule has 1 N–H and O–H groups in total. The van der Waals surface area contributed by atoms with E-state index in [0.29, 0.717) is 33.4 Å². The minimum atomic E-state index is -1.14. The number of hydrogen-bond acceptors (Lipinski definition) is 6. The summed E-state index contributed by atoms with van der Waals surface area (Å²) in [4.78, 5) is 29.4. The van der Waals surface area contributed by atoms with Crippen molar-refractivity contribution in [3.63, 3.8) is 0 Å². The molecule has 186 valence electrons. The van der Waals surface area contributed by atoms with Crippen LogP contribution in [0.3, 0.4) is 0 Å². The summed E-state index contributed by atoms with van der Waals surface area (Å²) in [5.74, 6) is -0.317. The van der Waals surface area contributed by atoms with Crippen LogP contribution in [-0.2, 0) is 10.2 Å². The maximum absolute atomic E-state index is 13.4. The highest BCUT2D eigenvalue weighted by Gasteiger charge is 2.24. The van der Waals surface area contributed by atoms with Gasteiger partial charge in [-0.05, 0) is 54.0 Å². The van der Waals surface area contributed by atoms with Crippen molar-refractivity contribution in [2.24, 2.45) is 5.10 Å². The Hall–Kier alpha value is -2.43. The number of aromatic nitrogens is 2. The quantitative estimate of drug-likeness (QED) is 0.322. The zero-order chi connectivity index (χ0) is 26.1. The second-order valence-corrected chi connectivity index (χ2v) is 10.7. The molecule has 0 radical (unpaired) electrons. The van der Waals surface area contributed by atoms with Crippen LogP contribution in [-0.4, -0.2) is 39.7 Å². The first-order valence-corrected chi connectivity index (χ1v) is 12.6. The monoisotopic (exact) mass is 627 g/mol. The number of benzene rings is 2. The minimum Gasteiger partial charge on any atom is -0.490 e. The van der Waals surface area contributed by atoms with Crippen LogP contribution >= 0.6 is 43.5 Å². The third-order valence-electron chi connectivity index (χ3n) is 4.89. The normalized spacial score (nSPS) is 12.8. The van der Waals surface area contributed by atoms with Gasteiger partial charge in [0, 0.05) is 19.9 Å².